The Hall–Kier alpha value is -2.42. The van der Waals surface area contributed by atoms with E-state index in [9.17, 15) is 0 Å². The lowest BCUT2D eigenvalue weighted by Crippen LogP contribution is -2.35. The lowest BCUT2D eigenvalue weighted by atomic mass is 9.97. The molecule has 1 atom stereocenters. The Bertz CT molecular complexity index is 694. The van der Waals surface area contributed by atoms with Crippen LogP contribution in [0.15, 0.2) is 24.7 Å². The van der Waals surface area contributed by atoms with Gasteiger partial charge in [-0.1, -0.05) is 0 Å². The summed E-state index contributed by atoms with van der Waals surface area (Å²) in [7, 11) is 0. The second-order valence-corrected chi connectivity index (χ2v) is 6.13. The molecule has 6 heteroatoms. The molecular weight excluding hydrogens is 276 g/mol. The molecule has 2 aromatic rings. The minimum absolute atomic E-state index is 0.411. The van der Waals surface area contributed by atoms with Gasteiger partial charge in [-0.05, 0) is 37.8 Å². The Morgan fingerprint density at radius 1 is 1.23 bits per heavy atom. The number of anilines is 1. The maximum atomic E-state index is 8.87. The van der Waals surface area contributed by atoms with Crippen LogP contribution in [0, 0.1) is 11.3 Å². The van der Waals surface area contributed by atoms with E-state index >= 15 is 0 Å². The zero-order chi connectivity index (χ0) is 14.9. The van der Waals surface area contributed by atoms with Crippen LogP contribution in [-0.2, 0) is 0 Å². The summed E-state index contributed by atoms with van der Waals surface area (Å²) in [4.78, 5) is 6.71. The van der Waals surface area contributed by atoms with Crippen LogP contribution in [0.2, 0.25) is 0 Å². The molecule has 1 saturated heterocycles. The highest BCUT2D eigenvalue weighted by atomic mass is 15.3. The van der Waals surface area contributed by atoms with E-state index in [0.717, 1.165) is 37.6 Å². The van der Waals surface area contributed by atoms with Gasteiger partial charge in [-0.2, -0.15) is 5.26 Å². The Morgan fingerprint density at radius 3 is 2.86 bits per heavy atom. The van der Waals surface area contributed by atoms with Gasteiger partial charge in [0.25, 0.3) is 0 Å². The fourth-order valence-electron chi connectivity index (χ4n) is 3.21. The fraction of sp³-hybridized carbons (Fsp3) is 0.500. The normalized spacial score (nSPS) is 21.6. The van der Waals surface area contributed by atoms with Gasteiger partial charge < -0.3 is 9.47 Å². The zero-order valence-electron chi connectivity index (χ0n) is 12.4. The van der Waals surface area contributed by atoms with Crippen molar-refractivity contribution in [3.05, 3.63) is 36.0 Å². The molecule has 0 amide bonds. The second-order valence-electron chi connectivity index (χ2n) is 6.13. The SMILES string of the molecule is N#Cc1ccc(N2CCCC(c3nncn3C3CC3)C2)nc1. The third-order valence-corrected chi connectivity index (χ3v) is 4.53. The monoisotopic (exact) mass is 294 g/mol. The maximum Gasteiger partial charge on any atom is 0.137 e. The average Bonchev–Trinajstić information content (AvgIpc) is 3.32. The van der Waals surface area contributed by atoms with Crippen molar-refractivity contribution >= 4 is 5.82 Å². The molecule has 1 saturated carbocycles. The molecule has 0 N–H and O–H groups in total. The quantitative estimate of drug-likeness (QED) is 0.868. The smallest absolute Gasteiger partial charge is 0.137 e. The van der Waals surface area contributed by atoms with Gasteiger partial charge in [0.1, 0.15) is 24.0 Å². The number of nitriles is 1. The molecule has 2 fully saturated rings. The standard InChI is InChI=1S/C16H18N6/c17-8-12-3-6-15(18-9-12)21-7-1-2-13(10-21)16-20-19-11-22(16)14-4-5-14/h3,6,9,11,13-14H,1-2,4-5,7,10H2. The van der Waals surface area contributed by atoms with Crippen LogP contribution < -0.4 is 4.90 Å². The van der Waals surface area contributed by atoms with Gasteiger partial charge in [0, 0.05) is 31.2 Å². The third-order valence-electron chi connectivity index (χ3n) is 4.53. The van der Waals surface area contributed by atoms with E-state index in [1.54, 1.807) is 6.20 Å². The number of piperidine rings is 1. The lowest BCUT2D eigenvalue weighted by molar-refractivity contribution is 0.469. The Labute approximate surface area is 129 Å². The number of hydrogen-bond acceptors (Lipinski definition) is 5. The van der Waals surface area contributed by atoms with Gasteiger partial charge in [0.05, 0.1) is 5.56 Å². The van der Waals surface area contributed by atoms with Gasteiger partial charge in [-0.3, -0.25) is 0 Å². The molecular formula is C16H18N6. The zero-order valence-corrected chi connectivity index (χ0v) is 12.4. The Morgan fingerprint density at radius 2 is 2.14 bits per heavy atom. The molecule has 112 valence electrons. The van der Waals surface area contributed by atoms with Crippen LogP contribution in [0.1, 0.15) is 49.0 Å². The summed E-state index contributed by atoms with van der Waals surface area (Å²) in [6.45, 7) is 1.93. The molecule has 2 aliphatic rings. The predicted octanol–water partition coefficient (Wildman–Crippen LogP) is 2.26. The summed E-state index contributed by atoms with van der Waals surface area (Å²) in [5, 5.41) is 17.4. The molecule has 0 aromatic carbocycles. The van der Waals surface area contributed by atoms with Crippen molar-refractivity contribution in [2.24, 2.45) is 0 Å². The van der Waals surface area contributed by atoms with E-state index in [1.807, 2.05) is 18.5 Å². The second kappa shape index (κ2) is 5.41. The van der Waals surface area contributed by atoms with Crippen molar-refractivity contribution in [3.63, 3.8) is 0 Å². The first-order valence-electron chi connectivity index (χ1n) is 7.85. The topological polar surface area (TPSA) is 70.6 Å². The van der Waals surface area contributed by atoms with Crippen LogP contribution in [0.3, 0.4) is 0 Å². The molecule has 4 rings (SSSR count). The average molecular weight is 294 g/mol. The van der Waals surface area contributed by atoms with Crippen LogP contribution in [-0.4, -0.2) is 32.8 Å². The van der Waals surface area contributed by atoms with E-state index in [1.165, 1.54) is 12.8 Å². The predicted molar refractivity (Wildman–Crippen MR) is 81.4 cm³/mol. The summed E-state index contributed by atoms with van der Waals surface area (Å²) in [6, 6.07) is 6.50. The van der Waals surface area contributed by atoms with Gasteiger partial charge in [0.15, 0.2) is 0 Å². The summed E-state index contributed by atoms with van der Waals surface area (Å²) in [5.41, 5.74) is 0.603. The van der Waals surface area contributed by atoms with Crippen molar-refractivity contribution in [1.82, 2.24) is 19.7 Å². The molecule has 3 heterocycles. The number of pyridine rings is 1. The number of aromatic nitrogens is 4. The van der Waals surface area contributed by atoms with Crippen molar-refractivity contribution in [3.8, 4) is 6.07 Å². The minimum atomic E-state index is 0.411. The third kappa shape index (κ3) is 2.43. The first kappa shape index (κ1) is 13.3. The Kier molecular flexibility index (Phi) is 3.26. The lowest BCUT2D eigenvalue weighted by Gasteiger charge is -2.33. The van der Waals surface area contributed by atoms with Crippen LogP contribution in [0.4, 0.5) is 5.82 Å². The highest BCUT2D eigenvalue weighted by Gasteiger charge is 2.31. The van der Waals surface area contributed by atoms with Crippen LogP contribution in [0.5, 0.6) is 0 Å². The summed E-state index contributed by atoms with van der Waals surface area (Å²) >= 11 is 0. The molecule has 2 aromatic heterocycles. The Balaban J connectivity index is 1.53. The van der Waals surface area contributed by atoms with Gasteiger partial charge >= 0.3 is 0 Å². The van der Waals surface area contributed by atoms with Crippen molar-refractivity contribution < 1.29 is 0 Å². The van der Waals surface area contributed by atoms with E-state index < -0.39 is 0 Å². The largest absolute Gasteiger partial charge is 0.356 e. The van der Waals surface area contributed by atoms with Crippen LogP contribution >= 0.6 is 0 Å². The first-order chi connectivity index (χ1) is 10.8. The molecule has 6 nitrogen and oxygen atoms in total. The van der Waals surface area contributed by atoms with Gasteiger partial charge in [-0.25, -0.2) is 4.98 Å². The van der Waals surface area contributed by atoms with E-state index in [-0.39, 0.29) is 0 Å². The minimum Gasteiger partial charge on any atom is -0.356 e. The summed E-state index contributed by atoms with van der Waals surface area (Å²) in [6.07, 6.45) is 8.30. The number of nitrogens with zero attached hydrogens (tertiary/aromatic N) is 6. The first-order valence-corrected chi connectivity index (χ1v) is 7.85. The van der Waals surface area contributed by atoms with Crippen molar-refractivity contribution in [2.45, 2.75) is 37.6 Å². The summed E-state index contributed by atoms with van der Waals surface area (Å²) < 4.78 is 2.26. The number of rotatable bonds is 3. The molecule has 0 bridgehead atoms. The fourth-order valence-corrected chi connectivity index (χ4v) is 3.21. The molecule has 0 spiro atoms. The van der Waals surface area contributed by atoms with Crippen molar-refractivity contribution in [1.29, 1.82) is 5.26 Å². The van der Waals surface area contributed by atoms with Gasteiger partial charge in [-0.15, -0.1) is 10.2 Å². The number of hydrogen-bond donors (Lipinski definition) is 0. The van der Waals surface area contributed by atoms with Crippen LogP contribution in [0.25, 0.3) is 0 Å². The molecule has 0 radical (unpaired) electrons. The van der Waals surface area contributed by atoms with Crippen molar-refractivity contribution in [2.75, 3.05) is 18.0 Å². The maximum absolute atomic E-state index is 8.87. The molecule has 1 aliphatic heterocycles. The van der Waals surface area contributed by atoms with E-state index in [4.69, 9.17) is 5.26 Å². The van der Waals surface area contributed by atoms with E-state index in [2.05, 4.69) is 30.7 Å². The van der Waals surface area contributed by atoms with Gasteiger partial charge in [0.2, 0.25) is 0 Å². The highest BCUT2D eigenvalue weighted by Crippen LogP contribution is 2.38. The molecule has 1 aliphatic carbocycles. The van der Waals surface area contributed by atoms with E-state index in [0.29, 0.717) is 17.5 Å². The highest BCUT2D eigenvalue weighted by molar-refractivity contribution is 5.42. The summed E-state index contributed by atoms with van der Waals surface area (Å²) in [5.74, 6) is 2.48. The molecule has 22 heavy (non-hydrogen) atoms. The molecule has 1 unspecified atom stereocenters.